The molecule has 3 aromatic carbocycles. The molecule has 0 aliphatic carbocycles. The lowest BCUT2D eigenvalue weighted by atomic mass is 9.96. The molecule has 6 nitrogen and oxygen atoms in total. The summed E-state index contributed by atoms with van der Waals surface area (Å²) in [5.41, 5.74) is 2.33. The normalized spacial score (nSPS) is 15.0. The van der Waals surface area contributed by atoms with E-state index in [-0.39, 0.29) is 30.2 Å². The van der Waals surface area contributed by atoms with Gasteiger partial charge in [0.1, 0.15) is 24.2 Å². The van der Waals surface area contributed by atoms with Crippen LogP contribution in [0.4, 0.5) is 4.39 Å². The highest BCUT2D eigenvalue weighted by Crippen LogP contribution is 2.34. The summed E-state index contributed by atoms with van der Waals surface area (Å²) < 4.78 is 29.0. The Labute approximate surface area is 271 Å². The zero-order valence-corrected chi connectivity index (χ0v) is 27.7. The van der Waals surface area contributed by atoms with Crippen molar-refractivity contribution >= 4 is 80.2 Å². The Morgan fingerprint density at radius 2 is 1.83 bits per heavy atom. The molecule has 0 unspecified atom stereocenters. The molecule has 0 bridgehead atoms. The van der Waals surface area contributed by atoms with Gasteiger partial charge in [-0.2, -0.15) is 0 Å². The second-order valence-corrected chi connectivity index (χ2v) is 12.8. The molecule has 2 heterocycles. The van der Waals surface area contributed by atoms with E-state index >= 15 is 0 Å². The molecule has 41 heavy (non-hydrogen) atoms. The molecule has 5 rings (SSSR count). The van der Waals surface area contributed by atoms with Gasteiger partial charge in [-0.25, -0.2) is 14.2 Å². The van der Waals surface area contributed by atoms with E-state index in [1.54, 1.807) is 56.3 Å². The van der Waals surface area contributed by atoms with Crippen LogP contribution in [0.25, 0.3) is 6.08 Å². The number of carbonyl (C=O) groups is 1. The van der Waals surface area contributed by atoms with Crippen LogP contribution >= 0.6 is 68.1 Å². The van der Waals surface area contributed by atoms with E-state index in [0.29, 0.717) is 36.9 Å². The summed E-state index contributed by atoms with van der Waals surface area (Å²) in [6, 6.07) is 16.7. The summed E-state index contributed by atoms with van der Waals surface area (Å²) in [5.74, 6) is -0.217. The highest BCUT2D eigenvalue weighted by Gasteiger charge is 2.34. The highest BCUT2D eigenvalue weighted by molar-refractivity contribution is 14.1. The zero-order valence-electron chi connectivity index (χ0n) is 21.8. The molecule has 1 aliphatic rings. The summed E-state index contributed by atoms with van der Waals surface area (Å²) in [5, 5.41) is 0.429. The van der Waals surface area contributed by atoms with Crippen LogP contribution in [0.3, 0.4) is 0 Å². The number of hydrogen-bond acceptors (Lipinski definition) is 6. The first-order chi connectivity index (χ1) is 19.7. The third-order valence-corrected chi connectivity index (χ3v) is 9.29. The molecule has 1 aromatic heterocycles. The summed E-state index contributed by atoms with van der Waals surface area (Å²) in [7, 11) is 0. The minimum Gasteiger partial charge on any atom is -0.487 e. The minimum absolute atomic E-state index is 0.0980. The van der Waals surface area contributed by atoms with Crippen molar-refractivity contribution in [3.8, 4) is 5.75 Å². The van der Waals surface area contributed by atoms with Gasteiger partial charge in [-0.1, -0.05) is 59.3 Å². The first kappa shape index (κ1) is 29.9. The van der Waals surface area contributed by atoms with Crippen LogP contribution in [0.2, 0.25) is 5.02 Å². The Hall–Kier alpha value is -2.55. The molecule has 0 spiro atoms. The van der Waals surface area contributed by atoms with E-state index in [1.807, 2.05) is 18.2 Å². The van der Waals surface area contributed by atoms with E-state index in [4.69, 9.17) is 21.1 Å². The molecule has 1 atom stereocenters. The molecular weight excluding hydrogens is 793 g/mol. The molecule has 1 aliphatic heterocycles. The van der Waals surface area contributed by atoms with E-state index in [0.717, 1.165) is 12.7 Å². The lowest BCUT2D eigenvalue weighted by Crippen LogP contribution is -2.40. The van der Waals surface area contributed by atoms with Crippen molar-refractivity contribution in [2.75, 3.05) is 6.61 Å². The number of carbonyl (C=O) groups excluding carboxylic acids is 1. The fourth-order valence-electron chi connectivity index (χ4n) is 4.50. The van der Waals surface area contributed by atoms with Gasteiger partial charge in [-0.05, 0) is 100 Å². The van der Waals surface area contributed by atoms with Crippen molar-refractivity contribution in [2.24, 2.45) is 4.99 Å². The van der Waals surface area contributed by atoms with E-state index < -0.39 is 12.0 Å². The maximum absolute atomic E-state index is 14.1. The molecule has 4 aromatic rings. The van der Waals surface area contributed by atoms with Crippen LogP contribution < -0.4 is 19.6 Å². The first-order valence-electron chi connectivity index (χ1n) is 12.5. The summed E-state index contributed by atoms with van der Waals surface area (Å²) >= 11 is 12.2. The Bertz CT molecular complexity index is 1860. The topological polar surface area (TPSA) is 69.9 Å². The Balaban J connectivity index is 1.57. The van der Waals surface area contributed by atoms with Crippen LogP contribution in [0, 0.1) is 13.0 Å². The Kier molecular flexibility index (Phi) is 9.31. The Morgan fingerprint density at radius 1 is 1.15 bits per heavy atom. The average Bonchev–Trinajstić information content (AvgIpc) is 3.23. The van der Waals surface area contributed by atoms with Crippen LogP contribution in [-0.2, 0) is 16.1 Å². The van der Waals surface area contributed by atoms with E-state index in [9.17, 15) is 14.0 Å². The van der Waals surface area contributed by atoms with Gasteiger partial charge in [0.15, 0.2) is 4.80 Å². The third-order valence-electron chi connectivity index (χ3n) is 6.37. The van der Waals surface area contributed by atoms with Crippen molar-refractivity contribution in [3.05, 3.63) is 126 Å². The molecule has 0 fully saturated rings. The zero-order chi connectivity index (χ0) is 29.3. The molecular formula is C30H22ClFI2N2O4S. The van der Waals surface area contributed by atoms with Crippen LogP contribution in [0.5, 0.6) is 5.75 Å². The lowest BCUT2D eigenvalue weighted by molar-refractivity contribution is -0.139. The van der Waals surface area contributed by atoms with Gasteiger partial charge in [-0.3, -0.25) is 9.36 Å². The number of ether oxygens (including phenoxy) is 2. The summed E-state index contributed by atoms with van der Waals surface area (Å²) in [4.78, 5) is 32.0. The molecule has 0 saturated carbocycles. The number of fused-ring (bicyclic) bond motifs is 1. The summed E-state index contributed by atoms with van der Waals surface area (Å²) in [6.07, 6.45) is 1.79. The summed E-state index contributed by atoms with van der Waals surface area (Å²) in [6.45, 7) is 3.75. The molecule has 0 radical (unpaired) electrons. The second-order valence-electron chi connectivity index (χ2n) is 9.02. The van der Waals surface area contributed by atoms with Crippen LogP contribution in [0.15, 0.2) is 81.7 Å². The van der Waals surface area contributed by atoms with E-state index in [2.05, 4.69) is 50.2 Å². The molecule has 0 amide bonds. The molecule has 0 saturated heterocycles. The quantitative estimate of drug-likeness (QED) is 0.161. The number of benzene rings is 3. The third kappa shape index (κ3) is 6.15. The maximum atomic E-state index is 14.1. The Morgan fingerprint density at radius 3 is 2.51 bits per heavy atom. The predicted molar refractivity (Wildman–Crippen MR) is 174 cm³/mol. The van der Waals surface area contributed by atoms with Gasteiger partial charge in [0, 0.05) is 10.6 Å². The van der Waals surface area contributed by atoms with Gasteiger partial charge in [-0.15, -0.1) is 0 Å². The maximum Gasteiger partial charge on any atom is 0.338 e. The molecule has 210 valence electrons. The minimum atomic E-state index is -0.782. The highest BCUT2D eigenvalue weighted by atomic mass is 127. The number of hydrogen-bond donors (Lipinski definition) is 0. The van der Waals surface area contributed by atoms with Gasteiger partial charge in [0.2, 0.25) is 0 Å². The standard InChI is InChI=1S/C30H22ClFI2N2O4S/c1-3-39-29(38)25-16(2)35-30-36(26(25)19-9-5-6-10-20(19)31)28(37)24(41-30)14-17-12-22(33)27(23(34)13-17)40-15-18-8-4-7-11-21(18)32/h4-14,26H,3,15H2,1-2H3/b24-14+/t26-/m0/s1. The average molecular weight is 815 g/mol. The first-order valence-corrected chi connectivity index (χ1v) is 15.8. The number of esters is 1. The van der Waals surface area contributed by atoms with Crippen molar-refractivity contribution in [3.63, 3.8) is 0 Å². The SMILES string of the molecule is CCOC(=O)C1=C(C)N=c2s/c(=C/c3cc(I)c(OCc4ccccc4F)c(I)c3)c(=O)n2[C@H]1c1ccccc1Cl. The smallest absolute Gasteiger partial charge is 0.338 e. The number of allylic oxidation sites excluding steroid dienone is 1. The number of nitrogens with zero attached hydrogens (tertiary/aromatic N) is 2. The monoisotopic (exact) mass is 814 g/mol. The number of rotatable bonds is 7. The van der Waals surface area contributed by atoms with Gasteiger partial charge in [0.25, 0.3) is 5.56 Å². The van der Waals surface area contributed by atoms with E-state index in [1.165, 1.54) is 22.0 Å². The predicted octanol–water partition coefficient (Wildman–Crippen LogP) is 6.38. The fraction of sp³-hybridized carbons (Fsp3) is 0.167. The number of aromatic nitrogens is 1. The van der Waals surface area contributed by atoms with Crippen molar-refractivity contribution in [2.45, 2.75) is 26.5 Å². The lowest BCUT2D eigenvalue weighted by Gasteiger charge is -2.25. The van der Waals surface area contributed by atoms with Gasteiger partial charge >= 0.3 is 5.97 Å². The van der Waals surface area contributed by atoms with Crippen LogP contribution in [0.1, 0.15) is 36.6 Å². The van der Waals surface area contributed by atoms with Gasteiger partial charge < -0.3 is 9.47 Å². The number of thiazole rings is 1. The molecule has 0 N–H and O–H groups in total. The molecule has 11 heteroatoms. The fourth-order valence-corrected chi connectivity index (χ4v) is 7.91. The van der Waals surface area contributed by atoms with Crippen LogP contribution in [-0.4, -0.2) is 17.1 Å². The van der Waals surface area contributed by atoms with Gasteiger partial charge in [0.05, 0.1) is 29.5 Å². The largest absolute Gasteiger partial charge is 0.487 e. The second kappa shape index (κ2) is 12.8. The van der Waals surface area contributed by atoms with Crippen molar-refractivity contribution < 1.29 is 18.7 Å². The van der Waals surface area contributed by atoms with Crippen molar-refractivity contribution in [1.29, 1.82) is 0 Å². The number of halogens is 4. The van der Waals surface area contributed by atoms with Crippen molar-refractivity contribution in [1.82, 2.24) is 4.57 Å².